The van der Waals surface area contributed by atoms with Crippen molar-refractivity contribution >= 4 is 60.5 Å². The zero-order valence-electron chi connectivity index (χ0n) is 13.7. The van der Waals surface area contributed by atoms with Crippen LogP contribution in [0.25, 0.3) is 32.8 Å². The van der Waals surface area contributed by atoms with Crippen LogP contribution >= 0.6 is 27.7 Å². The van der Waals surface area contributed by atoms with Gasteiger partial charge in [-0.05, 0) is 47.9 Å². The van der Waals surface area contributed by atoms with Gasteiger partial charge in [0, 0.05) is 19.6 Å². The Morgan fingerprint density at radius 3 is 2.08 bits per heavy atom. The van der Waals surface area contributed by atoms with Gasteiger partial charge in [-0.15, -0.1) is 0 Å². The second kappa shape index (κ2) is 6.38. The summed E-state index contributed by atoms with van der Waals surface area (Å²) >= 11 is 5.26. The van der Waals surface area contributed by atoms with E-state index in [4.69, 9.17) is 9.97 Å². The first-order valence-corrected chi connectivity index (χ1v) is 9.90. The van der Waals surface area contributed by atoms with E-state index >= 15 is 0 Å². The Bertz CT molecular complexity index is 1270. The van der Waals surface area contributed by atoms with Gasteiger partial charge in [0.25, 0.3) is 0 Å². The van der Waals surface area contributed by atoms with Crippen LogP contribution in [0, 0.1) is 0 Å². The standard InChI is InChI=1S/C22H13BrN2S/c23-14-9-11-15(12-10-14)26-21-13-20-22(17-6-2-1-5-16(17)21)25-19-8-4-3-7-18(19)24-20/h1-13H. The largest absolute Gasteiger partial charge is 0.244 e. The van der Waals surface area contributed by atoms with E-state index in [1.54, 1.807) is 11.8 Å². The fourth-order valence-electron chi connectivity index (χ4n) is 3.13. The Morgan fingerprint density at radius 1 is 0.654 bits per heavy atom. The van der Waals surface area contributed by atoms with Crippen LogP contribution < -0.4 is 0 Å². The van der Waals surface area contributed by atoms with E-state index in [1.165, 1.54) is 15.2 Å². The van der Waals surface area contributed by atoms with Crippen molar-refractivity contribution < 1.29 is 0 Å². The number of hydrogen-bond acceptors (Lipinski definition) is 3. The fraction of sp³-hybridized carbons (Fsp3) is 0. The van der Waals surface area contributed by atoms with Gasteiger partial charge >= 0.3 is 0 Å². The summed E-state index contributed by atoms with van der Waals surface area (Å²) in [5.41, 5.74) is 3.75. The molecule has 5 rings (SSSR count). The van der Waals surface area contributed by atoms with Crippen molar-refractivity contribution in [3.8, 4) is 0 Å². The highest BCUT2D eigenvalue weighted by Crippen LogP contribution is 2.37. The Morgan fingerprint density at radius 2 is 1.31 bits per heavy atom. The number of halogens is 1. The molecule has 2 nitrogen and oxygen atoms in total. The van der Waals surface area contributed by atoms with E-state index in [0.29, 0.717) is 0 Å². The summed E-state index contributed by atoms with van der Waals surface area (Å²) in [7, 11) is 0. The summed E-state index contributed by atoms with van der Waals surface area (Å²) < 4.78 is 1.09. The molecule has 0 fully saturated rings. The first kappa shape index (κ1) is 15.8. The van der Waals surface area contributed by atoms with E-state index in [2.05, 4.69) is 70.5 Å². The number of rotatable bonds is 2. The Kier molecular flexibility index (Phi) is 3.88. The molecule has 0 aliphatic carbocycles. The zero-order valence-corrected chi connectivity index (χ0v) is 16.1. The first-order valence-electron chi connectivity index (χ1n) is 8.30. The lowest BCUT2D eigenvalue weighted by Crippen LogP contribution is -1.90. The third-order valence-corrected chi connectivity index (χ3v) is 5.95. The van der Waals surface area contributed by atoms with Gasteiger partial charge in [0.1, 0.15) is 0 Å². The lowest BCUT2D eigenvalue weighted by molar-refractivity contribution is 1.38. The number of hydrogen-bond donors (Lipinski definition) is 0. The topological polar surface area (TPSA) is 25.8 Å². The molecule has 0 atom stereocenters. The smallest absolute Gasteiger partial charge is 0.0973 e. The van der Waals surface area contributed by atoms with Crippen molar-refractivity contribution in [2.45, 2.75) is 9.79 Å². The van der Waals surface area contributed by atoms with E-state index < -0.39 is 0 Å². The molecule has 0 aliphatic heterocycles. The summed E-state index contributed by atoms with van der Waals surface area (Å²) in [6.45, 7) is 0. The SMILES string of the molecule is Brc1ccc(Sc2cc3nc4ccccc4nc3c3ccccc23)cc1. The van der Waals surface area contributed by atoms with Crippen molar-refractivity contribution in [2.75, 3.05) is 0 Å². The molecule has 4 heteroatoms. The highest BCUT2D eigenvalue weighted by Gasteiger charge is 2.11. The van der Waals surface area contributed by atoms with Crippen LogP contribution in [0.3, 0.4) is 0 Å². The number of aromatic nitrogens is 2. The summed E-state index contributed by atoms with van der Waals surface area (Å²) in [6.07, 6.45) is 0. The van der Waals surface area contributed by atoms with E-state index in [1.807, 2.05) is 24.3 Å². The van der Waals surface area contributed by atoms with E-state index in [0.717, 1.165) is 31.9 Å². The van der Waals surface area contributed by atoms with Gasteiger partial charge in [0.2, 0.25) is 0 Å². The van der Waals surface area contributed by atoms with Crippen molar-refractivity contribution in [1.29, 1.82) is 0 Å². The molecule has 0 aliphatic rings. The van der Waals surface area contributed by atoms with Crippen molar-refractivity contribution in [3.05, 3.63) is 83.3 Å². The molecule has 0 unspecified atom stereocenters. The Hall–Kier alpha value is -2.43. The zero-order chi connectivity index (χ0) is 17.5. The number of nitrogens with zero attached hydrogens (tertiary/aromatic N) is 2. The van der Waals surface area contributed by atoms with Crippen LogP contribution in [-0.2, 0) is 0 Å². The molecule has 26 heavy (non-hydrogen) atoms. The molecule has 124 valence electrons. The average Bonchev–Trinajstić information content (AvgIpc) is 2.68. The summed E-state index contributed by atoms with van der Waals surface area (Å²) in [5, 5.41) is 2.35. The third kappa shape index (κ3) is 2.75. The van der Waals surface area contributed by atoms with Gasteiger partial charge in [-0.2, -0.15) is 0 Å². The molecule has 1 heterocycles. The predicted molar refractivity (Wildman–Crippen MR) is 113 cm³/mol. The van der Waals surface area contributed by atoms with Crippen LogP contribution in [0.5, 0.6) is 0 Å². The second-order valence-electron chi connectivity index (χ2n) is 6.06. The molecule has 0 saturated carbocycles. The lowest BCUT2D eigenvalue weighted by atomic mass is 10.1. The van der Waals surface area contributed by atoms with Gasteiger partial charge in [-0.3, -0.25) is 0 Å². The van der Waals surface area contributed by atoms with E-state index in [-0.39, 0.29) is 0 Å². The van der Waals surface area contributed by atoms with Gasteiger partial charge in [0.05, 0.1) is 22.1 Å². The minimum Gasteiger partial charge on any atom is -0.244 e. The number of benzene rings is 4. The minimum absolute atomic E-state index is 0.926. The summed E-state index contributed by atoms with van der Waals surface area (Å²) in [4.78, 5) is 12.1. The molecule has 1 aromatic heterocycles. The Balaban J connectivity index is 1.78. The molecule has 0 N–H and O–H groups in total. The van der Waals surface area contributed by atoms with Gasteiger partial charge in [-0.1, -0.05) is 64.1 Å². The molecule has 0 saturated heterocycles. The molecular weight excluding hydrogens is 404 g/mol. The van der Waals surface area contributed by atoms with Crippen LogP contribution in [0.4, 0.5) is 0 Å². The normalized spacial score (nSPS) is 11.4. The molecular formula is C22H13BrN2S. The monoisotopic (exact) mass is 416 g/mol. The van der Waals surface area contributed by atoms with Gasteiger partial charge < -0.3 is 0 Å². The first-order chi connectivity index (χ1) is 12.8. The maximum Gasteiger partial charge on any atom is 0.0973 e. The number of fused-ring (bicyclic) bond motifs is 4. The molecule has 0 radical (unpaired) electrons. The minimum atomic E-state index is 0.926. The highest BCUT2D eigenvalue weighted by molar-refractivity contribution is 9.10. The maximum atomic E-state index is 4.89. The van der Waals surface area contributed by atoms with Crippen molar-refractivity contribution in [1.82, 2.24) is 9.97 Å². The van der Waals surface area contributed by atoms with E-state index in [9.17, 15) is 0 Å². The van der Waals surface area contributed by atoms with Crippen LogP contribution in [-0.4, -0.2) is 9.97 Å². The van der Waals surface area contributed by atoms with Crippen LogP contribution in [0.15, 0.2) is 93.1 Å². The van der Waals surface area contributed by atoms with Crippen LogP contribution in [0.2, 0.25) is 0 Å². The Labute approximate surface area is 163 Å². The van der Waals surface area contributed by atoms with Gasteiger partial charge in [0.15, 0.2) is 0 Å². The average molecular weight is 417 g/mol. The lowest BCUT2D eigenvalue weighted by Gasteiger charge is -2.10. The van der Waals surface area contributed by atoms with Crippen molar-refractivity contribution in [2.24, 2.45) is 0 Å². The summed E-state index contributed by atoms with van der Waals surface area (Å²) in [6, 6.07) is 27.0. The van der Waals surface area contributed by atoms with Crippen LogP contribution in [0.1, 0.15) is 0 Å². The highest BCUT2D eigenvalue weighted by atomic mass is 79.9. The molecule has 0 bridgehead atoms. The molecule has 0 amide bonds. The second-order valence-corrected chi connectivity index (χ2v) is 8.09. The molecule has 5 aromatic rings. The third-order valence-electron chi connectivity index (χ3n) is 4.35. The molecule has 0 spiro atoms. The van der Waals surface area contributed by atoms with Crippen molar-refractivity contribution in [3.63, 3.8) is 0 Å². The molecule has 4 aromatic carbocycles. The van der Waals surface area contributed by atoms with Gasteiger partial charge in [-0.25, -0.2) is 9.97 Å². The quantitative estimate of drug-likeness (QED) is 0.232. The number of para-hydroxylation sites is 2. The fourth-order valence-corrected chi connectivity index (χ4v) is 4.38. The maximum absolute atomic E-state index is 4.89. The predicted octanol–water partition coefficient (Wildman–Crippen LogP) is 6.85. The summed E-state index contributed by atoms with van der Waals surface area (Å²) in [5.74, 6) is 0.